The molecule has 16 heteroatoms. The van der Waals surface area contributed by atoms with Crippen LogP contribution in [0.4, 0.5) is 4.79 Å². The van der Waals surface area contributed by atoms with Gasteiger partial charge in [0.05, 0.1) is 0 Å². The van der Waals surface area contributed by atoms with Crippen LogP contribution in [0.3, 0.4) is 0 Å². The lowest BCUT2D eigenvalue weighted by Crippen LogP contribution is -2.33. The first-order valence-corrected chi connectivity index (χ1v) is 33.9. The number of hydrogen-bond donors (Lipinski definition) is 0. The van der Waals surface area contributed by atoms with E-state index in [4.69, 9.17) is 28.4 Å². The van der Waals surface area contributed by atoms with Crippen molar-refractivity contribution < 1.29 is 62.0 Å². The van der Waals surface area contributed by atoms with Gasteiger partial charge < -0.3 is 38.2 Å². The topological polar surface area (TPSA) is 181 Å². The molecule has 0 aliphatic carbocycles. The molecule has 8 aromatic rings. The average molecular weight is 1320 g/mol. The number of ether oxygens (including phenoxy) is 6. The smallest absolute Gasteiger partial charge is 0.306 e. The first-order chi connectivity index (χ1) is 46.8. The summed E-state index contributed by atoms with van der Waals surface area (Å²) in [5.74, 6) is -2.83. The Kier molecular flexibility index (Phi) is 30.0. The predicted octanol–water partition coefficient (Wildman–Crippen LogP) is 14.8. The fourth-order valence-electron chi connectivity index (χ4n) is 10.5. The van der Waals surface area contributed by atoms with Gasteiger partial charge in [0.25, 0.3) is 5.24 Å². The van der Waals surface area contributed by atoms with Gasteiger partial charge in [0.1, 0.15) is 26.4 Å². The minimum absolute atomic E-state index is 0.0635. The fourth-order valence-corrected chi connectivity index (χ4v) is 11.3. The first kappa shape index (κ1) is 72.2. The van der Waals surface area contributed by atoms with Gasteiger partial charge in [-0.2, -0.15) is 0 Å². The highest BCUT2D eigenvalue weighted by molar-refractivity contribution is 8.13. The summed E-state index contributed by atoms with van der Waals surface area (Å²) in [6.45, 7) is -0.351. The zero-order valence-electron chi connectivity index (χ0n) is 54.9. The number of benzene rings is 8. The molecule has 1 amide bonds. The van der Waals surface area contributed by atoms with Crippen LogP contribution >= 0.6 is 11.8 Å². The van der Waals surface area contributed by atoms with Crippen LogP contribution in [0, 0.1) is 0 Å². The van der Waals surface area contributed by atoms with E-state index >= 15 is 0 Å². The molecule has 0 radical (unpaired) electrons. The number of carbonyl (C=O) groups is 7. The minimum atomic E-state index is -1.11. The third-order valence-corrected chi connectivity index (χ3v) is 16.9. The Morgan fingerprint density at radius 3 is 0.833 bits per heavy atom. The number of hydrogen-bond acceptors (Lipinski definition) is 15. The second-order valence-electron chi connectivity index (χ2n) is 23.7. The molecule has 0 aromatic heterocycles. The molecule has 96 heavy (non-hydrogen) atoms. The van der Waals surface area contributed by atoms with Crippen molar-refractivity contribution in [2.75, 3.05) is 65.9 Å². The molecule has 0 fully saturated rings. The second-order valence-corrected chi connectivity index (χ2v) is 24.7. The molecule has 0 saturated heterocycles. The van der Waals surface area contributed by atoms with Crippen molar-refractivity contribution in [3.8, 4) is 44.5 Å². The van der Waals surface area contributed by atoms with E-state index in [0.29, 0.717) is 31.4 Å². The number of rotatable bonds is 38. The number of aryl methyl sites for hydroxylation is 4. The summed E-state index contributed by atoms with van der Waals surface area (Å²) in [5.41, 5.74) is 12.3. The van der Waals surface area contributed by atoms with Crippen molar-refractivity contribution >= 4 is 52.8 Å². The molecular formula is C80H86N2O13S. The summed E-state index contributed by atoms with van der Waals surface area (Å²) in [6.07, 6.45) is 0.545. The second kappa shape index (κ2) is 39.9. The Morgan fingerprint density at radius 1 is 0.312 bits per heavy atom. The molecule has 0 aliphatic heterocycles. The standard InChI is InChI=1S/C80H86N2O13S/c1-81(2)52-17-55-96-80(89)82(53-15-26-78(87)94-72(56-90-74(83)48-36-60-28-40-68(41-29-60)64-18-7-3-8-19-64)57-91-75(84)49-37-61-30-42-69(43-31-61)65-20-9-4-10-21-65)54-16-27-79(88)95-73(58-92-76(85)50-38-62-32-44-70(45-33-62)66-22-11-5-12-23-66)59-93-77(86)51-39-63-34-46-71(47-35-63)67-24-13-6-14-25-67/h3-14,18-25,28-35,40-47,72-73H,15-17,26-27,36-39,48-59H2,1-2H3. The van der Waals surface area contributed by atoms with E-state index in [9.17, 15) is 33.6 Å². The maximum atomic E-state index is 13.8. The van der Waals surface area contributed by atoms with Crippen LogP contribution < -0.4 is 0 Å². The molecule has 0 aliphatic rings. The number of nitrogens with zero attached hydrogens (tertiary/aromatic N) is 2. The molecule has 15 nitrogen and oxygen atoms in total. The molecular weight excluding hydrogens is 1230 g/mol. The molecule has 0 unspecified atom stereocenters. The largest absolute Gasteiger partial charge is 0.462 e. The van der Waals surface area contributed by atoms with Gasteiger partial charge in [0.15, 0.2) is 12.2 Å². The summed E-state index contributed by atoms with van der Waals surface area (Å²) >= 11 is 1.14. The van der Waals surface area contributed by atoms with Crippen LogP contribution in [0.1, 0.15) is 80.0 Å². The van der Waals surface area contributed by atoms with E-state index in [1.165, 1.54) is 0 Å². The Labute approximate surface area is 568 Å². The Morgan fingerprint density at radius 2 is 0.573 bits per heavy atom. The molecule has 0 spiro atoms. The molecule has 0 bridgehead atoms. The normalized spacial score (nSPS) is 11.1. The summed E-state index contributed by atoms with van der Waals surface area (Å²) in [6, 6.07) is 71.7. The molecule has 0 saturated carbocycles. The Bertz CT molecular complexity index is 3230. The number of esters is 6. The number of carbonyl (C=O) groups excluding carboxylic acids is 7. The lowest BCUT2D eigenvalue weighted by Gasteiger charge is -2.23. The highest BCUT2D eigenvalue weighted by Gasteiger charge is 2.24. The van der Waals surface area contributed by atoms with Gasteiger partial charge >= 0.3 is 35.8 Å². The highest BCUT2D eigenvalue weighted by Crippen LogP contribution is 2.25. The van der Waals surface area contributed by atoms with Gasteiger partial charge in [0.2, 0.25) is 0 Å². The van der Waals surface area contributed by atoms with Crippen molar-refractivity contribution in [1.29, 1.82) is 0 Å². The van der Waals surface area contributed by atoms with Crippen LogP contribution in [0.25, 0.3) is 44.5 Å². The molecule has 500 valence electrons. The van der Waals surface area contributed by atoms with Crippen molar-refractivity contribution in [3.05, 3.63) is 241 Å². The highest BCUT2D eigenvalue weighted by atomic mass is 32.2. The average Bonchev–Trinajstić information content (AvgIpc) is 1.96. The van der Waals surface area contributed by atoms with E-state index in [1.807, 2.05) is 237 Å². The minimum Gasteiger partial charge on any atom is -0.462 e. The maximum Gasteiger partial charge on any atom is 0.306 e. The van der Waals surface area contributed by atoms with Crippen LogP contribution in [0.15, 0.2) is 218 Å². The van der Waals surface area contributed by atoms with Crippen LogP contribution in [0.2, 0.25) is 0 Å². The Hall–Kier alpha value is -9.64. The zero-order valence-corrected chi connectivity index (χ0v) is 55.7. The molecule has 0 heterocycles. The van der Waals surface area contributed by atoms with E-state index in [0.717, 1.165) is 91.5 Å². The van der Waals surface area contributed by atoms with Gasteiger partial charge in [0, 0.05) is 57.4 Å². The fraction of sp³-hybridized carbons (Fsp3) is 0.312. The monoisotopic (exact) mass is 1310 g/mol. The lowest BCUT2D eigenvalue weighted by atomic mass is 10.0. The van der Waals surface area contributed by atoms with Crippen molar-refractivity contribution in [3.63, 3.8) is 0 Å². The zero-order chi connectivity index (χ0) is 67.5. The molecule has 0 atom stereocenters. The molecule has 8 aromatic carbocycles. The van der Waals surface area contributed by atoms with E-state index in [2.05, 4.69) is 0 Å². The quantitative estimate of drug-likeness (QED) is 0.0202. The van der Waals surface area contributed by atoms with Crippen molar-refractivity contribution in [2.45, 2.75) is 95.7 Å². The third kappa shape index (κ3) is 26.3. The summed E-state index contributed by atoms with van der Waals surface area (Å²) < 4.78 is 34.2. The van der Waals surface area contributed by atoms with Crippen molar-refractivity contribution in [2.24, 2.45) is 0 Å². The van der Waals surface area contributed by atoms with E-state index in [-0.39, 0.29) is 96.1 Å². The maximum absolute atomic E-state index is 13.8. The molecule has 0 N–H and O–H groups in total. The SMILES string of the molecule is CN(C)CCCSC(=O)N(CCCC(=O)OC(COC(=O)CCc1ccc(-c2ccccc2)cc1)COC(=O)CCc1ccc(-c2ccccc2)cc1)CCCC(=O)OC(COC(=O)CCc1ccc(-c2ccccc2)cc1)COC(=O)CCc1ccc(-c2ccccc2)cc1. The van der Waals surface area contributed by atoms with Gasteiger partial charge in [-0.25, -0.2) is 0 Å². The van der Waals surface area contributed by atoms with E-state index < -0.39 is 48.0 Å². The summed E-state index contributed by atoms with van der Waals surface area (Å²) in [4.78, 5) is 97.3. The number of amides is 1. The van der Waals surface area contributed by atoms with Crippen LogP contribution in [-0.2, 0) is 82.9 Å². The number of thioether (sulfide) groups is 1. The predicted molar refractivity (Wildman–Crippen MR) is 375 cm³/mol. The van der Waals surface area contributed by atoms with Crippen molar-refractivity contribution in [1.82, 2.24) is 9.80 Å². The van der Waals surface area contributed by atoms with Gasteiger partial charge in [-0.05, 0) is 132 Å². The van der Waals surface area contributed by atoms with Gasteiger partial charge in [-0.15, -0.1) is 0 Å². The lowest BCUT2D eigenvalue weighted by molar-refractivity contribution is -0.167. The van der Waals surface area contributed by atoms with Crippen LogP contribution in [-0.4, -0.2) is 129 Å². The third-order valence-electron chi connectivity index (χ3n) is 15.9. The Balaban J connectivity index is 0.838. The molecule has 8 rings (SSSR count). The first-order valence-electron chi connectivity index (χ1n) is 32.9. The summed E-state index contributed by atoms with van der Waals surface area (Å²) in [5, 5.41) is -0.234. The van der Waals surface area contributed by atoms with E-state index in [1.54, 1.807) is 4.90 Å². The van der Waals surface area contributed by atoms with Crippen LogP contribution in [0.5, 0.6) is 0 Å². The van der Waals surface area contributed by atoms with Gasteiger partial charge in [-0.3, -0.25) is 33.6 Å². The van der Waals surface area contributed by atoms with Gasteiger partial charge in [-0.1, -0.05) is 230 Å². The summed E-state index contributed by atoms with van der Waals surface area (Å²) in [7, 11) is 3.91.